The second kappa shape index (κ2) is 10.9. The molecule has 0 bridgehead atoms. The molecule has 0 atom stereocenters. The maximum Gasteiger partial charge on any atom is 0.219 e. The number of carbonyl (C=O) groups excluding carboxylic acids is 1. The number of piperidine rings is 2. The molecule has 3 fully saturated rings. The van der Waals surface area contributed by atoms with Crippen molar-refractivity contribution in [1.29, 1.82) is 0 Å². The number of benzene rings is 2. The van der Waals surface area contributed by atoms with Gasteiger partial charge in [0.1, 0.15) is 17.2 Å². The lowest BCUT2D eigenvalue weighted by Gasteiger charge is -2.54. The molecule has 10 heteroatoms. The van der Waals surface area contributed by atoms with Gasteiger partial charge in [0.05, 0.1) is 23.3 Å². The first kappa shape index (κ1) is 28.3. The monoisotopic (exact) mass is 601 g/mol. The Kier molecular flexibility index (Phi) is 7.21. The van der Waals surface area contributed by atoms with E-state index in [1.54, 1.807) is 6.92 Å². The van der Waals surface area contributed by atoms with Gasteiger partial charge in [-0.15, -0.1) is 0 Å². The van der Waals surface area contributed by atoms with Crippen LogP contribution in [0.3, 0.4) is 0 Å². The predicted molar refractivity (Wildman–Crippen MR) is 171 cm³/mol. The molecule has 0 unspecified atom stereocenters. The molecule has 2 aromatic carbocycles. The molecule has 9 nitrogen and oxygen atoms in total. The van der Waals surface area contributed by atoms with Crippen molar-refractivity contribution in [3.8, 4) is 16.9 Å². The highest BCUT2D eigenvalue weighted by Crippen LogP contribution is 2.48. The SMILES string of the molecule is CCOc1c(-c2c(C)ccc3[nH]ncc23)c(Cl)cc2c(N3CCC4(CC3)CN(C(C)=O)C4)nc(C3CCN(C)CC3)nc12. The zero-order chi connectivity index (χ0) is 29.9. The van der Waals surface area contributed by atoms with E-state index in [1.807, 2.05) is 24.1 Å². The fraction of sp³-hybridized carbons (Fsp3) is 0.515. The molecule has 7 rings (SSSR count). The van der Waals surface area contributed by atoms with Crippen molar-refractivity contribution < 1.29 is 9.53 Å². The Balaban J connectivity index is 1.38. The van der Waals surface area contributed by atoms with E-state index in [2.05, 4.69) is 46.1 Å². The Labute approximate surface area is 257 Å². The number of aromatic nitrogens is 4. The Morgan fingerprint density at radius 2 is 1.84 bits per heavy atom. The number of rotatable bonds is 5. The number of H-pyrrole nitrogens is 1. The van der Waals surface area contributed by atoms with Crippen molar-refractivity contribution in [2.75, 3.05) is 57.8 Å². The number of aryl methyl sites for hydroxylation is 1. The van der Waals surface area contributed by atoms with E-state index in [-0.39, 0.29) is 11.3 Å². The highest BCUT2D eigenvalue weighted by atomic mass is 35.5. The number of aromatic amines is 1. The molecule has 0 aliphatic carbocycles. The third kappa shape index (κ3) is 4.90. The molecule has 3 saturated heterocycles. The van der Waals surface area contributed by atoms with Crippen molar-refractivity contribution in [2.24, 2.45) is 5.41 Å². The van der Waals surface area contributed by atoms with E-state index < -0.39 is 0 Å². The van der Waals surface area contributed by atoms with E-state index in [9.17, 15) is 4.79 Å². The summed E-state index contributed by atoms with van der Waals surface area (Å²) in [4.78, 5) is 29.3. The lowest BCUT2D eigenvalue weighted by Crippen LogP contribution is -2.61. The number of fused-ring (bicyclic) bond motifs is 2. The molecule has 5 heterocycles. The number of halogens is 1. The molecule has 1 amide bonds. The quantitative estimate of drug-likeness (QED) is 0.309. The second-order valence-corrected chi connectivity index (χ2v) is 13.2. The summed E-state index contributed by atoms with van der Waals surface area (Å²) >= 11 is 7.23. The van der Waals surface area contributed by atoms with Gasteiger partial charge in [-0.1, -0.05) is 17.7 Å². The van der Waals surface area contributed by atoms with Crippen LogP contribution in [0.5, 0.6) is 5.75 Å². The van der Waals surface area contributed by atoms with Gasteiger partial charge in [-0.05, 0) is 77.4 Å². The molecular weight excluding hydrogens is 562 g/mol. The van der Waals surface area contributed by atoms with Crippen LogP contribution in [0, 0.1) is 12.3 Å². The van der Waals surface area contributed by atoms with Crippen LogP contribution in [0.15, 0.2) is 24.4 Å². The van der Waals surface area contributed by atoms with E-state index in [0.717, 1.165) is 115 Å². The Hall–Kier alpha value is -3.43. The lowest BCUT2D eigenvalue weighted by molar-refractivity contribution is -0.142. The minimum atomic E-state index is 0.174. The Morgan fingerprint density at radius 3 is 2.53 bits per heavy atom. The number of nitrogens with one attached hydrogen (secondary N) is 1. The van der Waals surface area contributed by atoms with Gasteiger partial charge in [0.15, 0.2) is 5.75 Å². The van der Waals surface area contributed by atoms with Gasteiger partial charge in [-0.3, -0.25) is 9.89 Å². The van der Waals surface area contributed by atoms with Crippen LogP contribution in [0.2, 0.25) is 5.02 Å². The van der Waals surface area contributed by atoms with E-state index in [4.69, 9.17) is 26.3 Å². The number of carbonyl (C=O) groups is 1. The molecule has 43 heavy (non-hydrogen) atoms. The fourth-order valence-electron chi connectivity index (χ4n) is 7.37. The molecule has 4 aromatic rings. The third-order valence-electron chi connectivity index (χ3n) is 9.97. The molecule has 3 aliphatic rings. The molecule has 0 saturated carbocycles. The Morgan fingerprint density at radius 1 is 1.09 bits per heavy atom. The highest BCUT2D eigenvalue weighted by Gasteiger charge is 2.46. The van der Waals surface area contributed by atoms with Gasteiger partial charge in [-0.2, -0.15) is 5.10 Å². The topological polar surface area (TPSA) is 90.5 Å². The number of likely N-dealkylation sites (tertiary alicyclic amines) is 2. The molecule has 2 aromatic heterocycles. The van der Waals surface area contributed by atoms with Crippen LogP contribution in [-0.2, 0) is 4.79 Å². The molecule has 1 spiro atoms. The van der Waals surface area contributed by atoms with Crippen molar-refractivity contribution in [2.45, 2.75) is 52.4 Å². The number of ether oxygens (including phenoxy) is 1. The van der Waals surface area contributed by atoms with Gasteiger partial charge in [0, 0.05) is 66.3 Å². The summed E-state index contributed by atoms with van der Waals surface area (Å²) in [5, 5.41) is 9.99. The summed E-state index contributed by atoms with van der Waals surface area (Å²) in [6.07, 6.45) is 6.00. The van der Waals surface area contributed by atoms with Crippen LogP contribution >= 0.6 is 11.6 Å². The van der Waals surface area contributed by atoms with Crippen molar-refractivity contribution in [1.82, 2.24) is 30.0 Å². The Bertz CT molecular complexity index is 1690. The standard InChI is InChI=1S/C33H40ClN7O2/c1-5-43-30-28(27-20(2)6-7-26-24(27)17-35-38-26)25(34)16-23-29(30)36-31(22-8-12-39(4)13-9-22)37-32(23)40-14-10-33(11-15-40)18-41(19-33)21(3)42/h6-7,16-17,22H,5,8-15,18-19H2,1-4H3,(H,35,38). The minimum Gasteiger partial charge on any atom is -0.491 e. The molecule has 0 radical (unpaired) electrons. The normalized spacial score (nSPS) is 19.4. The lowest BCUT2D eigenvalue weighted by atomic mass is 9.72. The first-order chi connectivity index (χ1) is 20.8. The van der Waals surface area contributed by atoms with E-state index >= 15 is 0 Å². The average molecular weight is 602 g/mol. The molecule has 3 aliphatic heterocycles. The number of hydrogen-bond donors (Lipinski definition) is 1. The zero-order valence-corrected chi connectivity index (χ0v) is 26.3. The summed E-state index contributed by atoms with van der Waals surface area (Å²) < 4.78 is 6.49. The zero-order valence-electron chi connectivity index (χ0n) is 25.5. The van der Waals surface area contributed by atoms with Crippen LogP contribution < -0.4 is 9.64 Å². The van der Waals surface area contributed by atoms with Gasteiger partial charge < -0.3 is 19.4 Å². The summed E-state index contributed by atoms with van der Waals surface area (Å²) in [5.74, 6) is 3.02. The van der Waals surface area contributed by atoms with Crippen LogP contribution in [0.1, 0.15) is 56.8 Å². The van der Waals surface area contributed by atoms with Gasteiger partial charge in [-0.25, -0.2) is 9.97 Å². The second-order valence-electron chi connectivity index (χ2n) is 12.8. The maximum atomic E-state index is 11.9. The number of amides is 1. The van der Waals surface area contributed by atoms with Gasteiger partial charge in [0.2, 0.25) is 5.91 Å². The third-order valence-corrected chi connectivity index (χ3v) is 10.3. The first-order valence-electron chi connectivity index (χ1n) is 15.6. The van der Waals surface area contributed by atoms with Crippen molar-refractivity contribution >= 4 is 45.1 Å². The molecular formula is C33H40ClN7O2. The minimum absolute atomic E-state index is 0.174. The summed E-state index contributed by atoms with van der Waals surface area (Å²) in [6.45, 7) is 11.8. The number of nitrogens with zero attached hydrogens (tertiary/aromatic N) is 6. The van der Waals surface area contributed by atoms with Crippen LogP contribution in [0.25, 0.3) is 32.9 Å². The summed E-state index contributed by atoms with van der Waals surface area (Å²) in [5.41, 5.74) is 4.98. The largest absolute Gasteiger partial charge is 0.491 e. The van der Waals surface area contributed by atoms with E-state index in [1.165, 1.54) is 0 Å². The van der Waals surface area contributed by atoms with Gasteiger partial charge >= 0.3 is 0 Å². The average Bonchev–Trinajstić information content (AvgIpc) is 3.46. The smallest absolute Gasteiger partial charge is 0.219 e. The summed E-state index contributed by atoms with van der Waals surface area (Å²) in [7, 11) is 2.18. The van der Waals surface area contributed by atoms with Crippen LogP contribution in [-0.4, -0.2) is 88.8 Å². The number of anilines is 1. The first-order valence-corrected chi connectivity index (χ1v) is 15.9. The van der Waals surface area contributed by atoms with Crippen molar-refractivity contribution in [3.05, 3.63) is 40.8 Å². The highest BCUT2D eigenvalue weighted by molar-refractivity contribution is 6.35. The number of hydrogen-bond acceptors (Lipinski definition) is 7. The maximum absolute atomic E-state index is 11.9. The van der Waals surface area contributed by atoms with E-state index in [0.29, 0.717) is 23.3 Å². The predicted octanol–water partition coefficient (Wildman–Crippen LogP) is 5.79. The van der Waals surface area contributed by atoms with Crippen molar-refractivity contribution in [3.63, 3.8) is 0 Å². The molecule has 1 N–H and O–H groups in total. The van der Waals surface area contributed by atoms with Crippen LogP contribution in [0.4, 0.5) is 5.82 Å². The summed E-state index contributed by atoms with van der Waals surface area (Å²) in [6, 6.07) is 6.20. The fourth-order valence-corrected chi connectivity index (χ4v) is 7.66. The molecule has 226 valence electrons. The van der Waals surface area contributed by atoms with Gasteiger partial charge in [0.25, 0.3) is 0 Å².